The third-order valence-electron chi connectivity index (χ3n) is 3.33. The summed E-state index contributed by atoms with van der Waals surface area (Å²) >= 11 is 7.20. The maximum atomic E-state index is 12.4. The standard InChI is InChI=1S/C16H13ClN2O2S/c17-11-5-3-10(4-6-11)14(20)8-12(13(9-18)16(19)21)15-2-1-7-22-15/h1-7,12-13H,8H2,(H2,19,21). The summed E-state index contributed by atoms with van der Waals surface area (Å²) in [6.07, 6.45) is 0.0450. The minimum absolute atomic E-state index is 0.0450. The highest BCUT2D eigenvalue weighted by Crippen LogP contribution is 2.32. The van der Waals surface area contributed by atoms with E-state index in [-0.39, 0.29) is 12.2 Å². The van der Waals surface area contributed by atoms with Crippen molar-refractivity contribution < 1.29 is 9.59 Å². The zero-order chi connectivity index (χ0) is 16.1. The molecule has 0 saturated carbocycles. The van der Waals surface area contributed by atoms with E-state index in [1.807, 2.05) is 17.5 Å². The molecule has 4 nitrogen and oxygen atoms in total. The molecule has 0 fully saturated rings. The van der Waals surface area contributed by atoms with Crippen LogP contribution in [0.2, 0.25) is 5.02 Å². The van der Waals surface area contributed by atoms with Crippen molar-refractivity contribution in [1.29, 1.82) is 5.26 Å². The van der Waals surface area contributed by atoms with Gasteiger partial charge < -0.3 is 5.73 Å². The fourth-order valence-electron chi connectivity index (χ4n) is 2.19. The molecule has 2 rings (SSSR count). The molecule has 1 aromatic heterocycles. The second-order valence-corrected chi connectivity index (χ2v) is 6.18. The Morgan fingerprint density at radius 1 is 1.27 bits per heavy atom. The summed E-state index contributed by atoms with van der Waals surface area (Å²) < 4.78 is 0. The van der Waals surface area contributed by atoms with Crippen molar-refractivity contribution in [2.45, 2.75) is 12.3 Å². The van der Waals surface area contributed by atoms with Crippen molar-refractivity contribution >= 4 is 34.6 Å². The van der Waals surface area contributed by atoms with Crippen LogP contribution < -0.4 is 5.73 Å². The highest BCUT2D eigenvalue weighted by Gasteiger charge is 2.31. The lowest BCUT2D eigenvalue weighted by molar-refractivity contribution is -0.120. The van der Waals surface area contributed by atoms with Gasteiger partial charge in [-0.3, -0.25) is 9.59 Å². The molecule has 0 spiro atoms. The van der Waals surface area contributed by atoms with Crippen LogP contribution in [0.5, 0.6) is 0 Å². The fraction of sp³-hybridized carbons (Fsp3) is 0.188. The number of nitriles is 1. The summed E-state index contributed by atoms with van der Waals surface area (Å²) in [4.78, 5) is 24.7. The zero-order valence-corrected chi connectivity index (χ0v) is 13.1. The molecule has 0 aliphatic carbocycles. The van der Waals surface area contributed by atoms with Crippen LogP contribution >= 0.6 is 22.9 Å². The number of Topliss-reactive ketones (excluding diaryl/α,β-unsaturated/α-hetero) is 1. The summed E-state index contributed by atoms with van der Waals surface area (Å²) in [6, 6.07) is 12.0. The molecule has 0 saturated heterocycles. The molecule has 2 N–H and O–H groups in total. The summed E-state index contributed by atoms with van der Waals surface area (Å²) in [5.41, 5.74) is 5.80. The number of ketones is 1. The van der Waals surface area contributed by atoms with Gasteiger partial charge in [0.25, 0.3) is 0 Å². The van der Waals surface area contributed by atoms with E-state index in [2.05, 4.69) is 0 Å². The van der Waals surface area contributed by atoms with Gasteiger partial charge in [-0.25, -0.2) is 0 Å². The molecule has 1 amide bonds. The molecule has 6 heteroatoms. The third kappa shape index (κ3) is 3.73. The zero-order valence-electron chi connectivity index (χ0n) is 11.5. The average Bonchev–Trinajstić information content (AvgIpc) is 3.01. The number of halogens is 1. The SMILES string of the molecule is N#CC(C(N)=O)C(CC(=O)c1ccc(Cl)cc1)c1cccs1. The number of primary amides is 1. The van der Waals surface area contributed by atoms with Gasteiger partial charge in [-0.2, -0.15) is 5.26 Å². The topological polar surface area (TPSA) is 83.9 Å². The molecule has 0 aliphatic heterocycles. The predicted octanol–water partition coefficient (Wildman–Crippen LogP) is 3.38. The monoisotopic (exact) mass is 332 g/mol. The normalized spacial score (nSPS) is 13.1. The van der Waals surface area contributed by atoms with Gasteiger partial charge in [-0.1, -0.05) is 17.7 Å². The second kappa shape index (κ2) is 7.21. The minimum Gasteiger partial charge on any atom is -0.369 e. The van der Waals surface area contributed by atoms with E-state index >= 15 is 0 Å². The lowest BCUT2D eigenvalue weighted by Crippen LogP contribution is -2.28. The van der Waals surface area contributed by atoms with Gasteiger partial charge in [-0.05, 0) is 35.7 Å². The Labute approximate surface area is 137 Å². The highest BCUT2D eigenvalue weighted by atomic mass is 35.5. The molecule has 22 heavy (non-hydrogen) atoms. The molecule has 0 radical (unpaired) electrons. The number of rotatable bonds is 6. The van der Waals surface area contributed by atoms with Crippen LogP contribution in [0.4, 0.5) is 0 Å². The Morgan fingerprint density at radius 2 is 1.95 bits per heavy atom. The van der Waals surface area contributed by atoms with Gasteiger partial charge in [0, 0.05) is 27.8 Å². The number of thiophene rings is 1. The largest absolute Gasteiger partial charge is 0.369 e. The van der Waals surface area contributed by atoms with Gasteiger partial charge in [0.2, 0.25) is 5.91 Å². The summed E-state index contributed by atoms with van der Waals surface area (Å²) in [5.74, 6) is -2.44. The van der Waals surface area contributed by atoms with E-state index in [0.29, 0.717) is 10.6 Å². The average molecular weight is 333 g/mol. The number of hydrogen-bond acceptors (Lipinski definition) is 4. The molecular weight excluding hydrogens is 320 g/mol. The van der Waals surface area contributed by atoms with Crippen LogP contribution in [0.3, 0.4) is 0 Å². The fourth-order valence-corrected chi connectivity index (χ4v) is 3.18. The van der Waals surface area contributed by atoms with Crippen LogP contribution in [0.25, 0.3) is 0 Å². The number of nitrogens with zero attached hydrogens (tertiary/aromatic N) is 1. The Kier molecular flexibility index (Phi) is 5.31. The first-order valence-corrected chi connectivity index (χ1v) is 7.79. The maximum absolute atomic E-state index is 12.4. The molecule has 2 unspecified atom stereocenters. The molecule has 0 bridgehead atoms. The number of carbonyl (C=O) groups excluding carboxylic acids is 2. The molecule has 112 valence electrons. The molecule has 2 atom stereocenters. The first kappa shape index (κ1) is 16.2. The number of benzene rings is 1. The Bertz CT molecular complexity index is 705. The van der Waals surface area contributed by atoms with Gasteiger partial charge in [0.05, 0.1) is 6.07 Å². The Hall–Kier alpha value is -2.16. The van der Waals surface area contributed by atoms with E-state index in [4.69, 9.17) is 17.3 Å². The number of amides is 1. The van der Waals surface area contributed by atoms with E-state index < -0.39 is 17.7 Å². The first-order chi connectivity index (χ1) is 10.5. The molecule has 1 aromatic carbocycles. The van der Waals surface area contributed by atoms with Crippen molar-refractivity contribution in [3.05, 3.63) is 57.2 Å². The maximum Gasteiger partial charge on any atom is 0.235 e. The lowest BCUT2D eigenvalue weighted by atomic mass is 9.85. The van der Waals surface area contributed by atoms with Crippen molar-refractivity contribution in [2.75, 3.05) is 0 Å². The quantitative estimate of drug-likeness (QED) is 0.823. The van der Waals surface area contributed by atoms with Crippen LogP contribution in [-0.4, -0.2) is 11.7 Å². The van der Waals surface area contributed by atoms with Gasteiger partial charge in [0.1, 0.15) is 5.92 Å². The van der Waals surface area contributed by atoms with Crippen LogP contribution in [-0.2, 0) is 4.79 Å². The van der Waals surface area contributed by atoms with Gasteiger partial charge >= 0.3 is 0 Å². The van der Waals surface area contributed by atoms with E-state index in [1.165, 1.54) is 11.3 Å². The highest BCUT2D eigenvalue weighted by molar-refractivity contribution is 7.10. The summed E-state index contributed by atoms with van der Waals surface area (Å²) in [6.45, 7) is 0. The van der Waals surface area contributed by atoms with Crippen LogP contribution in [0.1, 0.15) is 27.6 Å². The van der Waals surface area contributed by atoms with Crippen LogP contribution in [0.15, 0.2) is 41.8 Å². The summed E-state index contributed by atoms with van der Waals surface area (Å²) in [7, 11) is 0. The van der Waals surface area contributed by atoms with Gasteiger partial charge in [0.15, 0.2) is 5.78 Å². The number of hydrogen-bond donors (Lipinski definition) is 1. The van der Waals surface area contributed by atoms with Gasteiger partial charge in [-0.15, -0.1) is 11.3 Å². The van der Waals surface area contributed by atoms with Crippen LogP contribution in [0, 0.1) is 17.2 Å². The lowest BCUT2D eigenvalue weighted by Gasteiger charge is -2.17. The second-order valence-electron chi connectivity index (χ2n) is 4.77. The molecule has 0 aliphatic rings. The molecule has 1 heterocycles. The van der Waals surface area contributed by atoms with E-state index in [9.17, 15) is 14.9 Å². The van der Waals surface area contributed by atoms with E-state index in [0.717, 1.165) is 4.88 Å². The summed E-state index contributed by atoms with van der Waals surface area (Å²) in [5, 5.41) is 11.6. The smallest absolute Gasteiger partial charge is 0.235 e. The van der Waals surface area contributed by atoms with Crippen molar-refractivity contribution in [1.82, 2.24) is 0 Å². The van der Waals surface area contributed by atoms with Crippen molar-refractivity contribution in [2.24, 2.45) is 11.7 Å². The van der Waals surface area contributed by atoms with Crippen molar-refractivity contribution in [3.8, 4) is 6.07 Å². The number of nitrogens with two attached hydrogens (primary N) is 1. The molecular formula is C16H13ClN2O2S. The first-order valence-electron chi connectivity index (χ1n) is 6.54. The third-order valence-corrected chi connectivity index (χ3v) is 4.58. The predicted molar refractivity (Wildman–Crippen MR) is 85.8 cm³/mol. The van der Waals surface area contributed by atoms with Crippen molar-refractivity contribution in [3.63, 3.8) is 0 Å². The minimum atomic E-state index is -1.03. The number of carbonyl (C=O) groups is 2. The van der Waals surface area contributed by atoms with E-state index in [1.54, 1.807) is 30.3 Å². The Morgan fingerprint density at radius 3 is 2.45 bits per heavy atom. The Balaban J connectivity index is 2.27. The molecule has 2 aromatic rings.